The van der Waals surface area contributed by atoms with Gasteiger partial charge in [0.05, 0.1) is 16.6 Å². The molecule has 0 aliphatic carbocycles. The Balaban J connectivity index is 2.57. The summed E-state index contributed by atoms with van der Waals surface area (Å²) in [5.74, 6) is -1.75. The van der Waals surface area contributed by atoms with Gasteiger partial charge in [0.2, 0.25) is 5.60 Å². The van der Waals surface area contributed by atoms with Gasteiger partial charge in [0.25, 0.3) is 0 Å². The highest BCUT2D eigenvalue weighted by atomic mass is 32.1. The number of carbonyl (C=O) groups is 1. The van der Waals surface area contributed by atoms with Gasteiger partial charge in [-0.15, -0.1) is 11.3 Å². The number of carboxylic acids is 1. The topological polar surface area (TPSA) is 70.4 Å². The van der Waals surface area contributed by atoms with Crippen LogP contribution in [0.3, 0.4) is 0 Å². The van der Waals surface area contributed by atoms with Crippen molar-refractivity contribution >= 4 is 27.5 Å². The van der Waals surface area contributed by atoms with Crippen LogP contribution in [-0.2, 0) is 10.4 Å². The second-order valence-corrected chi connectivity index (χ2v) is 4.95. The summed E-state index contributed by atoms with van der Waals surface area (Å²) in [6.45, 7) is 0. The fourth-order valence-corrected chi connectivity index (χ4v) is 2.64. The van der Waals surface area contributed by atoms with Crippen LogP contribution in [0.5, 0.6) is 0 Å². The van der Waals surface area contributed by atoms with Gasteiger partial charge in [-0.3, -0.25) is 4.79 Å². The Morgan fingerprint density at radius 1 is 1.32 bits per heavy atom. The second kappa shape index (κ2) is 4.46. The summed E-state index contributed by atoms with van der Waals surface area (Å²) in [5.41, 5.74) is -3.18. The quantitative estimate of drug-likeness (QED) is 0.911. The van der Waals surface area contributed by atoms with E-state index in [2.05, 4.69) is 4.98 Å². The Hall–Kier alpha value is -1.67. The molecule has 0 saturated carbocycles. The van der Waals surface area contributed by atoms with Crippen molar-refractivity contribution < 1.29 is 28.2 Å². The highest BCUT2D eigenvalue weighted by molar-refractivity contribution is 7.18. The number of para-hydroxylation sites is 1. The van der Waals surface area contributed by atoms with Crippen molar-refractivity contribution in [3.63, 3.8) is 0 Å². The van der Waals surface area contributed by atoms with Crippen molar-refractivity contribution in [3.05, 3.63) is 29.3 Å². The van der Waals surface area contributed by atoms with Gasteiger partial charge < -0.3 is 10.2 Å². The molecule has 0 bridgehead atoms. The van der Waals surface area contributed by atoms with E-state index in [1.54, 1.807) is 18.2 Å². The second-order valence-electron chi connectivity index (χ2n) is 3.92. The minimum atomic E-state index is -5.11. The van der Waals surface area contributed by atoms with Crippen molar-refractivity contribution in [2.45, 2.75) is 18.2 Å². The number of benzene rings is 1. The molecule has 0 aliphatic heterocycles. The molecule has 2 aromatic rings. The molecule has 8 heteroatoms. The Bertz CT molecular complexity index is 592. The van der Waals surface area contributed by atoms with Crippen molar-refractivity contribution in [1.82, 2.24) is 4.98 Å². The van der Waals surface area contributed by atoms with Gasteiger partial charge >= 0.3 is 12.1 Å². The normalized spacial score (nSPS) is 15.4. The Labute approximate surface area is 109 Å². The average molecular weight is 291 g/mol. The summed E-state index contributed by atoms with van der Waals surface area (Å²) in [7, 11) is 0. The zero-order chi connectivity index (χ0) is 14.3. The zero-order valence-corrected chi connectivity index (χ0v) is 10.1. The standard InChI is InChI=1S/C11H8F3NO3S/c12-11(13,14)10(18,5-8(16)17)9-15-6-3-1-2-4-7(6)19-9/h1-4,18H,5H2,(H,16,17). The van der Waals surface area contributed by atoms with Crippen LogP contribution in [0.2, 0.25) is 0 Å². The third-order valence-corrected chi connectivity index (χ3v) is 3.71. The van der Waals surface area contributed by atoms with Gasteiger partial charge in [0.15, 0.2) is 0 Å². The smallest absolute Gasteiger partial charge is 0.424 e. The van der Waals surface area contributed by atoms with E-state index in [1.165, 1.54) is 6.07 Å². The lowest BCUT2D eigenvalue weighted by Crippen LogP contribution is -2.44. The van der Waals surface area contributed by atoms with Crippen LogP contribution in [0.15, 0.2) is 24.3 Å². The number of nitrogens with zero attached hydrogens (tertiary/aromatic N) is 1. The maximum atomic E-state index is 12.9. The van der Waals surface area contributed by atoms with Crippen molar-refractivity contribution in [2.24, 2.45) is 0 Å². The molecule has 4 nitrogen and oxygen atoms in total. The van der Waals surface area contributed by atoms with Crippen LogP contribution < -0.4 is 0 Å². The van der Waals surface area contributed by atoms with E-state index < -0.39 is 29.2 Å². The molecule has 0 aliphatic rings. The van der Waals surface area contributed by atoms with Crippen molar-refractivity contribution in [2.75, 3.05) is 0 Å². The maximum absolute atomic E-state index is 12.9. The van der Waals surface area contributed by atoms with Crippen LogP contribution in [0.4, 0.5) is 13.2 Å². The summed E-state index contributed by atoms with van der Waals surface area (Å²) in [6, 6.07) is 6.25. The molecule has 0 amide bonds. The third kappa shape index (κ3) is 2.41. The summed E-state index contributed by atoms with van der Waals surface area (Å²) in [6.07, 6.45) is -6.59. The molecule has 19 heavy (non-hydrogen) atoms. The van der Waals surface area contributed by atoms with Crippen LogP contribution in [0.25, 0.3) is 10.2 Å². The number of hydrogen-bond donors (Lipinski definition) is 2. The Kier molecular flexibility index (Phi) is 3.23. The summed E-state index contributed by atoms with van der Waals surface area (Å²) >= 11 is 0.629. The lowest BCUT2D eigenvalue weighted by molar-refractivity contribution is -0.269. The molecule has 102 valence electrons. The molecule has 2 N–H and O–H groups in total. The molecule has 1 aromatic heterocycles. The molecule has 2 rings (SSSR count). The first kappa shape index (κ1) is 13.8. The zero-order valence-electron chi connectivity index (χ0n) is 9.31. The van der Waals surface area contributed by atoms with Crippen LogP contribution in [0, 0.1) is 0 Å². The van der Waals surface area contributed by atoms with Gasteiger partial charge in [-0.25, -0.2) is 4.98 Å². The van der Waals surface area contributed by atoms with Gasteiger partial charge in [-0.1, -0.05) is 12.1 Å². The maximum Gasteiger partial charge on any atom is 0.424 e. The molecular weight excluding hydrogens is 283 g/mol. The lowest BCUT2D eigenvalue weighted by atomic mass is 10.00. The first-order chi connectivity index (χ1) is 8.74. The molecule has 0 saturated heterocycles. The van der Waals surface area contributed by atoms with E-state index >= 15 is 0 Å². The molecule has 1 aromatic carbocycles. The number of carboxylic acid groups (broad SMARTS) is 1. The fourth-order valence-electron chi connectivity index (χ4n) is 1.57. The number of alkyl halides is 3. The fraction of sp³-hybridized carbons (Fsp3) is 0.273. The van der Waals surface area contributed by atoms with Crippen molar-refractivity contribution in [1.29, 1.82) is 0 Å². The third-order valence-electron chi connectivity index (χ3n) is 2.52. The molecule has 0 fully saturated rings. The Morgan fingerprint density at radius 2 is 1.95 bits per heavy atom. The number of halogens is 3. The van der Waals surface area contributed by atoms with Gasteiger partial charge in [0, 0.05) is 0 Å². The van der Waals surface area contributed by atoms with Crippen LogP contribution in [-0.4, -0.2) is 27.3 Å². The first-order valence-electron chi connectivity index (χ1n) is 5.11. The number of thiazole rings is 1. The first-order valence-corrected chi connectivity index (χ1v) is 5.92. The number of aliphatic carboxylic acids is 1. The monoisotopic (exact) mass is 291 g/mol. The van der Waals surface area contributed by atoms with Crippen LogP contribution >= 0.6 is 11.3 Å². The summed E-state index contributed by atoms with van der Waals surface area (Å²) in [5, 5.41) is 17.6. The number of fused-ring (bicyclic) bond motifs is 1. The highest BCUT2D eigenvalue weighted by Gasteiger charge is 2.58. The largest absolute Gasteiger partial charge is 0.481 e. The average Bonchev–Trinajstić information content (AvgIpc) is 2.70. The number of rotatable bonds is 3. The lowest BCUT2D eigenvalue weighted by Gasteiger charge is -2.26. The number of hydrogen-bond acceptors (Lipinski definition) is 4. The Morgan fingerprint density at radius 3 is 2.47 bits per heavy atom. The van der Waals surface area contributed by atoms with Crippen molar-refractivity contribution in [3.8, 4) is 0 Å². The number of aromatic nitrogens is 1. The SMILES string of the molecule is O=C(O)CC(O)(c1nc2ccccc2s1)C(F)(F)F. The molecule has 1 atom stereocenters. The van der Waals surface area contributed by atoms with E-state index in [9.17, 15) is 23.1 Å². The van der Waals surface area contributed by atoms with E-state index in [0.717, 1.165) is 0 Å². The minimum absolute atomic E-state index is 0.288. The predicted molar refractivity (Wildman–Crippen MR) is 61.8 cm³/mol. The minimum Gasteiger partial charge on any atom is -0.481 e. The molecular formula is C11H8F3NO3S. The highest BCUT2D eigenvalue weighted by Crippen LogP contribution is 2.44. The predicted octanol–water partition coefficient (Wildman–Crippen LogP) is 2.52. The molecule has 1 unspecified atom stereocenters. The summed E-state index contributed by atoms with van der Waals surface area (Å²) in [4.78, 5) is 14.3. The number of aliphatic hydroxyl groups is 1. The van der Waals surface area contributed by atoms with E-state index in [4.69, 9.17) is 5.11 Å². The van der Waals surface area contributed by atoms with E-state index in [1.807, 2.05) is 0 Å². The van der Waals surface area contributed by atoms with Gasteiger partial charge in [-0.2, -0.15) is 13.2 Å². The van der Waals surface area contributed by atoms with E-state index in [-0.39, 0.29) is 5.52 Å². The van der Waals surface area contributed by atoms with Gasteiger partial charge in [-0.05, 0) is 12.1 Å². The summed E-state index contributed by atoms with van der Waals surface area (Å²) < 4.78 is 39.2. The van der Waals surface area contributed by atoms with Crippen LogP contribution in [0.1, 0.15) is 11.4 Å². The molecule has 0 radical (unpaired) electrons. The van der Waals surface area contributed by atoms with Gasteiger partial charge in [0.1, 0.15) is 5.01 Å². The molecule has 0 spiro atoms. The molecule has 1 heterocycles. The van der Waals surface area contributed by atoms with E-state index in [0.29, 0.717) is 16.0 Å².